The van der Waals surface area contributed by atoms with E-state index in [1.54, 1.807) is 11.9 Å². The first-order valence-electron chi connectivity index (χ1n) is 10.7. The number of rotatable bonds is 4. The van der Waals surface area contributed by atoms with E-state index in [0.29, 0.717) is 23.8 Å². The van der Waals surface area contributed by atoms with E-state index in [1.165, 1.54) is 23.4 Å². The molecule has 1 aliphatic heterocycles. The third kappa shape index (κ3) is 3.52. The predicted octanol–water partition coefficient (Wildman–Crippen LogP) is 2.50. The van der Waals surface area contributed by atoms with E-state index in [-0.39, 0.29) is 18.0 Å². The van der Waals surface area contributed by atoms with Crippen LogP contribution in [0, 0.1) is 11.3 Å². The second-order valence-corrected chi connectivity index (χ2v) is 9.69. The number of aliphatic hydroxyl groups excluding tert-OH is 1. The first-order chi connectivity index (χ1) is 13.3. The third-order valence-electron chi connectivity index (χ3n) is 7.05. The lowest BCUT2D eigenvalue weighted by Gasteiger charge is -2.34. The van der Waals surface area contributed by atoms with Gasteiger partial charge in [0, 0.05) is 18.8 Å². The number of aliphatic hydroxyl groups is 1. The second kappa shape index (κ2) is 7.30. The van der Waals surface area contributed by atoms with Crippen LogP contribution >= 0.6 is 0 Å². The molecular weight excluding hydrogens is 352 g/mol. The molecule has 28 heavy (non-hydrogen) atoms. The molecule has 4 rings (SSSR count). The molecule has 0 aromatic carbocycles. The van der Waals surface area contributed by atoms with Crippen molar-refractivity contribution in [2.75, 3.05) is 7.05 Å². The molecule has 2 heterocycles. The van der Waals surface area contributed by atoms with Gasteiger partial charge in [0.05, 0.1) is 17.8 Å². The van der Waals surface area contributed by atoms with Crippen molar-refractivity contribution < 1.29 is 9.90 Å². The molecule has 6 nitrogen and oxygen atoms in total. The lowest BCUT2D eigenvalue weighted by molar-refractivity contribution is -0.140. The van der Waals surface area contributed by atoms with Crippen LogP contribution in [0.2, 0.25) is 0 Å². The Morgan fingerprint density at radius 1 is 1.39 bits per heavy atom. The van der Waals surface area contributed by atoms with Gasteiger partial charge in [-0.05, 0) is 55.4 Å². The summed E-state index contributed by atoms with van der Waals surface area (Å²) < 4.78 is 0. The monoisotopic (exact) mass is 386 g/mol. The fraction of sp³-hybridized carbons (Fsp3) is 0.727. The molecule has 1 amide bonds. The zero-order valence-electron chi connectivity index (χ0n) is 17.5. The van der Waals surface area contributed by atoms with Gasteiger partial charge in [-0.25, -0.2) is 0 Å². The molecule has 0 radical (unpaired) electrons. The molecule has 2 aliphatic carbocycles. The fourth-order valence-corrected chi connectivity index (χ4v) is 5.16. The minimum Gasteiger partial charge on any atom is -0.383 e. The molecule has 0 bridgehead atoms. The van der Waals surface area contributed by atoms with Crippen molar-refractivity contribution in [1.29, 1.82) is 0 Å². The summed E-state index contributed by atoms with van der Waals surface area (Å²) in [4.78, 5) is 14.0. The van der Waals surface area contributed by atoms with E-state index in [2.05, 4.69) is 36.4 Å². The molecular formula is C22H34N4O2. The Morgan fingerprint density at radius 3 is 2.93 bits per heavy atom. The summed E-state index contributed by atoms with van der Waals surface area (Å²) >= 11 is 0. The van der Waals surface area contributed by atoms with Gasteiger partial charge < -0.3 is 15.3 Å². The Bertz CT molecular complexity index is 769. The molecule has 3 aliphatic rings. The fourth-order valence-electron chi connectivity index (χ4n) is 5.16. The summed E-state index contributed by atoms with van der Waals surface area (Å²) in [5, 5.41) is 21.7. The quantitative estimate of drug-likeness (QED) is 0.695. The van der Waals surface area contributed by atoms with Crippen molar-refractivity contribution in [2.45, 2.75) is 83.5 Å². The van der Waals surface area contributed by atoms with E-state index in [1.807, 2.05) is 6.92 Å². The lowest BCUT2D eigenvalue weighted by atomic mass is 9.76. The first-order valence-corrected chi connectivity index (χ1v) is 10.7. The third-order valence-corrected chi connectivity index (χ3v) is 7.05. The zero-order valence-corrected chi connectivity index (χ0v) is 17.5. The number of aromatic nitrogens is 2. The molecule has 0 saturated carbocycles. The molecule has 1 fully saturated rings. The van der Waals surface area contributed by atoms with E-state index in [4.69, 9.17) is 5.10 Å². The van der Waals surface area contributed by atoms with Crippen LogP contribution in [0.3, 0.4) is 0 Å². The summed E-state index contributed by atoms with van der Waals surface area (Å²) in [5.74, 6) is 0.294. The summed E-state index contributed by atoms with van der Waals surface area (Å²) in [5.41, 5.74) is 4.30. The molecule has 1 aromatic heterocycles. The number of carbonyl (C=O) groups is 1. The van der Waals surface area contributed by atoms with Crippen LogP contribution in [0.4, 0.5) is 0 Å². The normalized spacial score (nSPS) is 31.9. The smallest absolute Gasteiger partial charge is 0.251 e. The number of fused-ring (bicyclic) bond motifs is 2. The van der Waals surface area contributed by atoms with Crippen LogP contribution in [-0.4, -0.2) is 51.3 Å². The highest BCUT2D eigenvalue weighted by Crippen LogP contribution is 2.41. The van der Waals surface area contributed by atoms with Gasteiger partial charge in [-0.2, -0.15) is 5.10 Å². The maximum atomic E-state index is 12.3. The summed E-state index contributed by atoms with van der Waals surface area (Å²) in [6, 6.07) is 0.665. The number of H-pyrrole nitrogens is 1. The lowest BCUT2D eigenvalue weighted by Crippen LogP contribution is -2.46. The van der Waals surface area contributed by atoms with Crippen molar-refractivity contribution in [2.24, 2.45) is 11.3 Å². The molecule has 1 aromatic rings. The predicted molar refractivity (Wildman–Crippen MR) is 109 cm³/mol. The van der Waals surface area contributed by atoms with Gasteiger partial charge in [0.1, 0.15) is 6.10 Å². The standard InChI is InChI=1S/C22H34N4O2/c1-5-19(27)21(28)26(4)14-7-6-13-10-17(23-16(13)11-14)20-15-8-9-22(2,3)12-18(15)24-25-20/h6-7,13-14,16-17,19,23,27H,5,8-12H2,1-4H3,(H,24,25). The SMILES string of the molecule is CCC(O)C(=O)N(C)C1C=CC2CC(c3n[nH]c4c3CCC(C)(C)C4)NC2C1. The van der Waals surface area contributed by atoms with E-state index in [9.17, 15) is 9.90 Å². The van der Waals surface area contributed by atoms with Crippen molar-refractivity contribution in [3.8, 4) is 0 Å². The summed E-state index contributed by atoms with van der Waals surface area (Å²) in [6.07, 6.45) is 9.29. The maximum Gasteiger partial charge on any atom is 0.251 e. The number of nitrogens with zero attached hydrogens (tertiary/aromatic N) is 2. The van der Waals surface area contributed by atoms with Gasteiger partial charge in [-0.1, -0.05) is 32.9 Å². The Hall–Kier alpha value is -1.66. The molecule has 5 unspecified atom stereocenters. The van der Waals surface area contributed by atoms with Gasteiger partial charge in [0.2, 0.25) is 0 Å². The number of likely N-dealkylation sites (N-methyl/N-ethyl adjacent to an activating group) is 1. The maximum absolute atomic E-state index is 12.3. The number of hydrogen-bond donors (Lipinski definition) is 3. The van der Waals surface area contributed by atoms with Crippen molar-refractivity contribution in [3.05, 3.63) is 29.1 Å². The highest BCUT2D eigenvalue weighted by molar-refractivity contribution is 5.80. The van der Waals surface area contributed by atoms with Crippen LogP contribution < -0.4 is 5.32 Å². The molecule has 0 spiro atoms. The Kier molecular flexibility index (Phi) is 5.12. The van der Waals surface area contributed by atoms with Crippen molar-refractivity contribution >= 4 is 5.91 Å². The highest BCUT2D eigenvalue weighted by atomic mass is 16.3. The van der Waals surface area contributed by atoms with Crippen LogP contribution in [0.1, 0.15) is 69.4 Å². The highest BCUT2D eigenvalue weighted by Gasteiger charge is 2.40. The van der Waals surface area contributed by atoms with Gasteiger partial charge in [-0.3, -0.25) is 9.89 Å². The number of carbonyl (C=O) groups excluding carboxylic acids is 1. The second-order valence-electron chi connectivity index (χ2n) is 9.69. The Labute approximate surface area is 167 Å². The minimum atomic E-state index is -0.903. The summed E-state index contributed by atoms with van der Waals surface area (Å²) in [7, 11) is 1.80. The molecule has 3 N–H and O–H groups in total. The zero-order chi connectivity index (χ0) is 20.1. The molecule has 6 heteroatoms. The van der Waals surface area contributed by atoms with Crippen LogP contribution in [-0.2, 0) is 17.6 Å². The van der Waals surface area contributed by atoms with Crippen molar-refractivity contribution in [3.63, 3.8) is 0 Å². The van der Waals surface area contributed by atoms with Gasteiger partial charge in [0.25, 0.3) is 5.91 Å². The van der Waals surface area contributed by atoms with E-state index in [0.717, 1.165) is 25.7 Å². The van der Waals surface area contributed by atoms with Gasteiger partial charge in [0.15, 0.2) is 0 Å². The van der Waals surface area contributed by atoms with Crippen LogP contribution in [0.5, 0.6) is 0 Å². The van der Waals surface area contributed by atoms with Gasteiger partial charge >= 0.3 is 0 Å². The summed E-state index contributed by atoms with van der Waals surface area (Å²) in [6.45, 7) is 6.49. The molecule has 5 atom stereocenters. The molecule has 154 valence electrons. The average molecular weight is 387 g/mol. The van der Waals surface area contributed by atoms with E-state index < -0.39 is 6.10 Å². The van der Waals surface area contributed by atoms with Gasteiger partial charge in [-0.15, -0.1) is 0 Å². The first kappa shape index (κ1) is 19.6. The van der Waals surface area contributed by atoms with Crippen LogP contribution in [0.15, 0.2) is 12.2 Å². The van der Waals surface area contributed by atoms with Crippen LogP contribution in [0.25, 0.3) is 0 Å². The number of nitrogens with one attached hydrogen (secondary N) is 2. The number of hydrogen-bond acceptors (Lipinski definition) is 4. The Morgan fingerprint density at radius 2 is 2.18 bits per heavy atom. The molecule has 1 saturated heterocycles. The topological polar surface area (TPSA) is 81.2 Å². The average Bonchev–Trinajstić information content (AvgIpc) is 3.27. The van der Waals surface area contributed by atoms with Crippen molar-refractivity contribution in [1.82, 2.24) is 20.4 Å². The van der Waals surface area contributed by atoms with E-state index >= 15 is 0 Å². The number of amides is 1. The minimum absolute atomic E-state index is 0.0371. The largest absolute Gasteiger partial charge is 0.383 e. The Balaban J connectivity index is 1.44. The number of aromatic amines is 1.